The lowest BCUT2D eigenvalue weighted by Crippen LogP contribution is -2.02. The van der Waals surface area contributed by atoms with Crippen molar-refractivity contribution in [3.05, 3.63) is 116 Å². The summed E-state index contributed by atoms with van der Waals surface area (Å²) in [6.45, 7) is 0. The van der Waals surface area contributed by atoms with E-state index >= 15 is 0 Å². The third kappa shape index (κ3) is 3.01. The monoisotopic (exact) mass is 413 g/mol. The van der Waals surface area contributed by atoms with Crippen LogP contribution in [0.3, 0.4) is 0 Å². The fourth-order valence-electron chi connectivity index (χ4n) is 4.25. The molecule has 0 saturated heterocycles. The second kappa shape index (κ2) is 7.67. The molecule has 0 aliphatic heterocycles. The van der Waals surface area contributed by atoms with Gasteiger partial charge in [-0.3, -0.25) is 4.57 Å². The van der Waals surface area contributed by atoms with Crippen molar-refractivity contribution in [2.45, 2.75) is 0 Å². The van der Waals surface area contributed by atoms with Gasteiger partial charge in [-0.05, 0) is 23.3 Å². The maximum absolute atomic E-state index is 5.54. The highest BCUT2D eigenvalue weighted by Crippen LogP contribution is 2.38. The maximum atomic E-state index is 5.54. The minimum Gasteiger partial charge on any atom is -0.443 e. The molecule has 4 aromatic carbocycles. The van der Waals surface area contributed by atoms with E-state index in [2.05, 4.69) is 76.3 Å². The van der Waals surface area contributed by atoms with Gasteiger partial charge in [0, 0.05) is 29.1 Å². The first kappa shape index (κ1) is 18.3. The van der Waals surface area contributed by atoms with Crippen molar-refractivity contribution < 1.29 is 4.42 Å². The lowest BCUT2D eigenvalue weighted by Gasteiger charge is -2.18. The van der Waals surface area contributed by atoms with Gasteiger partial charge in [0.05, 0.1) is 5.69 Å². The molecule has 4 heteroatoms. The number of hydrogen-bond donors (Lipinski definition) is 0. The molecule has 32 heavy (non-hydrogen) atoms. The van der Waals surface area contributed by atoms with E-state index in [4.69, 9.17) is 9.40 Å². The molecule has 152 valence electrons. The van der Waals surface area contributed by atoms with Gasteiger partial charge in [0.25, 0.3) is 0 Å². The molecule has 0 spiro atoms. The standard InChI is InChI=1S/C28H19N3O/c1-3-9-20(10-4-1)22-13-7-14-23(21-11-5-2-6-12-21)27(22)31-18-17-29-28(31)24-15-8-16-25-26(24)30-19-32-25/h1-19H. The normalized spacial score (nSPS) is 11.1. The Kier molecular flexibility index (Phi) is 4.40. The van der Waals surface area contributed by atoms with Crippen molar-refractivity contribution in [3.8, 4) is 39.3 Å². The Bertz CT molecular complexity index is 1460. The van der Waals surface area contributed by atoms with Crippen LogP contribution in [-0.4, -0.2) is 14.5 Å². The molecule has 6 rings (SSSR count). The molecule has 0 bridgehead atoms. The van der Waals surface area contributed by atoms with Crippen molar-refractivity contribution >= 4 is 11.1 Å². The van der Waals surface area contributed by atoms with Crippen molar-refractivity contribution in [1.82, 2.24) is 14.5 Å². The molecule has 2 aromatic heterocycles. The van der Waals surface area contributed by atoms with Crippen LogP contribution in [0.25, 0.3) is 50.4 Å². The van der Waals surface area contributed by atoms with Crippen molar-refractivity contribution in [2.75, 3.05) is 0 Å². The summed E-state index contributed by atoms with van der Waals surface area (Å²) < 4.78 is 7.70. The lowest BCUT2D eigenvalue weighted by atomic mass is 9.95. The van der Waals surface area contributed by atoms with Crippen LogP contribution in [0.4, 0.5) is 0 Å². The smallest absolute Gasteiger partial charge is 0.182 e. The van der Waals surface area contributed by atoms with Gasteiger partial charge in [-0.15, -0.1) is 0 Å². The Morgan fingerprint density at radius 1 is 0.594 bits per heavy atom. The molecule has 0 N–H and O–H groups in total. The average molecular weight is 413 g/mol. The van der Waals surface area contributed by atoms with E-state index in [1.165, 1.54) is 6.39 Å². The highest BCUT2D eigenvalue weighted by Gasteiger charge is 2.19. The molecule has 0 fully saturated rings. The van der Waals surface area contributed by atoms with E-state index in [0.29, 0.717) is 0 Å². The molecular formula is C28H19N3O. The number of nitrogens with zero attached hydrogens (tertiary/aromatic N) is 3. The molecule has 0 aliphatic carbocycles. The van der Waals surface area contributed by atoms with Gasteiger partial charge in [0.2, 0.25) is 0 Å². The summed E-state index contributed by atoms with van der Waals surface area (Å²) in [6, 6.07) is 33.3. The Labute approximate surface area is 185 Å². The van der Waals surface area contributed by atoms with Crippen LogP contribution >= 0.6 is 0 Å². The first-order chi connectivity index (χ1) is 15.9. The summed E-state index contributed by atoms with van der Waals surface area (Å²) >= 11 is 0. The van der Waals surface area contributed by atoms with Gasteiger partial charge in [0.15, 0.2) is 12.0 Å². The van der Waals surface area contributed by atoms with E-state index in [0.717, 1.165) is 50.4 Å². The Balaban J connectivity index is 1.67. The minimum absolute atomic E-state index is 0.747. The van der Waals surface area contributed by atoms with Crippen molar-refractivity contribution in [2.24, 2.45) is 0 Å². The third-order valence-electron chi connectivity index (χ3n) is 5.69. The van der Waals surface area contributed by atoms with Crippen LogP contribution in [0.1, 0.15) is 0 Å². The molecule has 0 unspecified atom stereocenters. The summed E-state index contributed by atoms with van der Waals surface area (Å²) in [4.78, 5) is 9.19. The summed E-state index contributed by atoms with van der Waals surface area (Å²) in [5.41, 5.74) is 8.15. The van der Waals surface area contributed by atoms with E-state index < -0.39 is 0 Å². The quantitative estimate of drug-likeness (QED) is 0.312. The number of rotatable bonds is 4. The molecule has 0 aliphatic rings. The predicted molar refractivity (Wildman–Crippen MR) is 127 cm³/mol. The van der Waals surface area contributed by atoms with Crippen LogP contribution in [-0.2, 0) is 0 Å². The Hall–Kier alpha value is -4.44. The largest absolute Gasteiger partial charge is 0.443 e. The maximum Gasteiger partial charge on any atom is 0.182 e. The Morgan fingerprint density at radius 2 is 1.22 bits per heavy atom. The van der Waals surface area contributed by atoms with Gasteiger partial charge in [-0.2, -0.15) is 0 Å². The number of oxazole rings is 1. The number of hydrogen-bond acceptors (Lipinski definition) is 3. The van der Waals surface area contributed by atoms with Crippen LogP contribution < -0.4 is 0 Å². The zero-order valence-corrected chi connectivity index (χ0v) is 17.2. The highest BCUT2D eigenvalue weighted by atomic mass is 16.3. The van der Waals surface area contributed by atoms with E-state index in [-0.39, 0.29) is 0 Å². The molecule has 0 amide bonds. The summed E-state index contributed by atoms with van der Waals surface area (Å²) in [6.07, 6.45) is 5.34. The minimum atomic E-state index is 0.747. The van der Waals surface area contributed by atoms with Gasteiger partial charge in [-0.25, -0.2) is 9.97 Å². The molecule has 6 aromatic rings. The molecule has 0 saturated carbocycles. The summed E-state index contributed by atoms with van der Waals surface area (Å²) in [7, 11) is 0. The van der Waals surface area contributed by atoms with Gasteiger partial charge < -0.3 is 4.42 Å². The molecular weight excluding hydrogens is 394 g/mol. The molecule has 0 atom stereocenters. The zero-order chi connectivity index (χ0) is 21.3. The van der Waals surface area contributed by atoms with Gasteiger partial charge in [-0.1, -0.05) is 84.9 Å². The SMILES string of the molecule is c1ccc(-c2cccc(-c3ccccc3)c2-n2ccnc2-c2cccc3ocnc23)cc1. The third-order valence-corrected chi connectivity index (χ3v) is 5.69. The number of aromatic nitrogens is 3. The van der Waals surface area contributed by atoms with E-state index in [1.807, 2.05) is 42.7 Å². The van der Waals surface area contributed by atoms with Crippen LogP contribution in [0, 0.1) is 0 Å². The second-order valence-corrected chi connectivity index (χ2v) is 7.56. The van der Waals surface area contributed by atoms with Crippen molar-refractivity contribution in [1.29, 1.82) is 0 Å². The van der Waals surface area contributed by atoms with Crippen molar-refractivity contribution in [3.63, 3.8) is 0 Å². The highest BCUT2D eigenvalue weighted by molar-refractivity contribution is 5.91. The van der Waals surface area contributed by atoms with E-state index in [1.54, 1.807) is 0 Å². The lowest BCUT2D eigenvalue weighted by molar-refractivity contribution is 0.602. The average Bonchev–Trinajstić information content (AvgIpc) is 3.54. The first-order valence-electron chi connectivity index (χ1n) is 10.5. The summed E-state index contributed by atoms with van der Waals surface area (Å²) in [5.74, 6) is 0.824. The second-order valence-electron chi connectivity index (χ2n) is 7.56. The van der Waals surface area contributed by atoms with E-state index in [9.17, 15) is 0 Å². The Morgan fingerprint density at radius 3 is 1.91 bits per heavy atom. The fraction of sp³-hybridized carbons (Fsp3) is 0. The predicted octanol–water partition coefficient (Wildman–Crippen LogP) is 7.01. The number of imidazole rings is 1. The molecule has 0 radical (unpaired) electrons. The van der Waals surface area contributed by atoms with Crippen LogP contribution in [0.2, 0.25) is 0 Å². The van der Waals surface area contributed by atoms with Crippen LogP contribution in [0.5, 0.6) is 0 Å². The molecule has 2 heterocycles. The number of benzene rings is 4. The molecule has 4 nitrogen and oxygen atoms in total. The number of fused-ring (bicyclic) bond motifs is 1. The number of para-hydroxylation sites is 2. The van der Waals surface area contributed by atoms with Gasteiger partial charge in [0.1, 0.15) is 11.3 Å². The first-order valence-corrected chi connectivity index (χ1v) is 10.5. The summed E-state index contributed by atoms with van der Waals surface area (Å²) in [5, 5.41) is 0. The zero-order valence-electron chi connectivity index (χ0n) is 17.2. The van der Waals surface area contributed by atoms with Gasteiger partial charge >= 0.3 is 0 Å². The fourth-order valence-corrected chi connectivity index (χ4v) is 4.25. The van der Waals surface area contributed by atoms with Crippen LogP contribution in [0.15, 0.2) is 120 Å². The topological polar surface area (TPSA) is 43.9 Å².